The Morgan fingerprint density at radius 2 is 1.76 bits per heavy atom. The van der Waals surface area contributed by atoms with Gasteiger partial charge in [-0.3, -0.25) is 0 Å². The van der Waals surface area contributed by atoms with E-state index in [9.17, 15) is 5.11 Å². The Bertz CT molecular complexity index is 409. The molecule has 0 heterocycles. The van der Waals surface area contributed by atoms with Crippen molar-refractivity contribution in [2.45, 2.75) is 39.9 Å². The summed E-state index contributed by atoms with van der Waals surface area (Å²) < 4.78 is 16.4. The minimum atomic E-state index is -0.547. The molecule has 1 aromatic carbocycles. The van der Waals surface area contributed by atoms with Crippen LogP contribution in [0.25, 0.3) is 0 Å². The molecule has 0 fully saturated rings. The molecule has 5 nitrogen and oxygen atoms in total. The molecular weight excluding hydrogens is 270 g/mol. The zero-order valence-corrected chi connectivity index (χ0v) is 13.4. The lowest BCUT2D eigenvalue weighted by molar-refractivity contribution is 0.0112. The first-order chi connectivity index (χ1) is 10.1. The molecule has 0 saturated carbocycles. The van der Waals surface area contributed by atoms with E-state index in [1.807, 2.05) is 45.9 Å². The summed E-state index contributed by atoms with van der Waals surface area (Å²) in [6.07, 6.45) is -0.427. The molecule has 1 aromatic rings. The van der Waals surface area contributed by atoms with Crippen LogP contribution in [0.15, 0.2) is 18.2 Å². The van der Waals surface area contributed by atoms with Gasteiger partial charge in [0.25, 0.3) is 0 Å². The molecule has 0 saturated heterocycles. The van der Waals surface area contributed by atoms with Crippen LogP contribution in [0, 0.1) is 0 Å². The van der Waals surface area contributed by atoms with E-state index in [0.29, 0.717) is 32.1 Å². The van der Waals surface area contributed by atoms with Crippen LogP contribution in [-0.4, -0.2) is 43.7 Å². The predicted molar refractivity (Wildman–Crippen MR) is 84.4 cm³/mol. The normalized spacial score (nSPS) is 12.3. The second-order valence-electron chi connectivity index (χ2n) is 4.94. The van der Waals surface area contributed by atoms with Crippen LogP contribution in [0.4, 0.5) is 5.69 Å². The fourth-order valence-electron chi connectivity index (χ4n) is 1.76. The highest BCUT2D eigenvalue weighted by molar-refractivity contribution is 5.54. The van der Waals surface area contributed by atoms with Crippen molar-refractivity contribution in [2.24, 2.45) is 0 Å². The first-order valence-electron chi connectivity index (χ1n) is 7.50. The van der Waals surface area contributed by atoms with Crippen LogP contribution < -0.4 is 14.8 Å². The standard InChI is InChI=1S/C16H27NO4/c1-5-19-15-8-7-13(9-16(15)20-6-2)17-10-14(18)11-21-12(3)4/h7-9,12,14,17-18H,5-6,10-11H2,1-4H3. The summed E-state index contributed by atoms with van der Waals surface area (Å²) in [6.45, 7) is 9.68. The van der Waals surface area contributed by atoms with Gasteiger partial charge in [0.15, 0.2) is 11.5 Å². The highest BCUT2D eigenvalue weighted by atomic mass is 16.5. The van der Waals surface area contributed by atoms with Gasteiger partial charge in [-0.15, -0.1) is 0 Å². The summed E-state index contributed by atoms with van der Waals surface area (Å²) >= 11 is 0. The quantitative estimate of drug-likeness (QED) is 0.695. The fourth-order valence-corrected chi connectivity index (χ4v) is 1.76. The lowest BCUT2D eigenvalue weighted by Crippen LogP contribution is -2.26. The number of aliphatic hydroxyl groups is 1. The number of nitrogens with one attached hydrogen (secondary N) is 1. The smallest absolute Gasteiger partial charge is 0.163 e. The van der Waals surface area contributed by atoms with Gasteiger partial charge in [0.2, 0.25) is 0 Å². The van der Waals surface area contributed by atoms with E-state index in [0.717, 1.165) is 11.4 Å². The van der Waals surface area contributed by atoms with Gasteiger partial charge in [0.1, 0.15) is 0 Å². The molecule has 0 radical (unpaired) electrons. The van der Waals surface area contributed by atoms with Gasteiger partial charge >= 0.3 is 0 Å². The lowest BCUT2D eigenvalue weighted by atomic mass is 10.2. The molecule has 2 N–H and O–H groups in total. The molecule has 0 aliphatic heterocycles. The summed E-state index contributed by atoms with van der Waals surface area (Å²) in [5.74, 6) is 1.44. The number of hydrogen-bond donors (Lipinski definition) is 2. The predicted octanol–water partition coefficient (Wildman–Crippen LogP) is 2.68. The van der Waals surface area contributed by atoms with Crippen molar-refractivity contribution in [2.75, 3.05) is 31.7 Å². The Morgan fingerprint density at radius 3 is 2.38 bits per heavy atom. The van der Waals surface area contributed by atoms with Crippen LogP contribution in [0.3, 0.4) is 0 Å². The van der Waals surface area contributed by atoms with Gasteiger partial charge in [-0.2, -0.15) is 0 Å². The summed E-state index contributed by atoms with van der Waals surface area (Å²) in [4.78, 5) is 0. The van der Waals surface area contributed by atoms with E-state index in [1.54, 1.807) is 0 Å². The summed E-state index contributed by atoms with van der Waals surface area (Å²) in [5.41, 5.74) is 0.880. The van der Waals surface area contributed by atoms with E-state index in [1.165, 1.54) is 0 Å². The molecule has 0 amide bonds. The molecule has 0 bridgehead atoms. The summed E-state index contributed by atoms with van der Waals surface area (Å²) in [5, 5.41) is 13.0. The molecule has 120 valence electrons. The zero-order chi connectivity index (χ0) is 15.7. The third-order valence-electron chi connectivity index (χ3n) is 2.71. The van der Waals surface area contributed by atoms with Crippen molar-refractivity contribution < 1.29 is 19.3 Å². The van der Waals surface area contributed by atoms with Gasteiger partial charge in [0, 0.05) is 18.3 Å². The molecule has 0 aliphatic carbocycles. The van der Waals surface area contributed by atoms with E-state index < -0.39 is 6.10 Å². The van der Waals surface area contributed by atoms with Gasteiger partial charge in [-0.1, -0.05) is 0 Å². The largest absolute Gasteiger partial charge is 0.490 e. The van der Waals surface area contributed by atoms with Crippen molar-refractivity contribution in [3.8, 4) is 11.5 Å². The molecule has 1 unspecified atom stereocenters. The Balaban J connectivity index is 2.56. The number of aliphatic hydroxyl groups excluding tert-OH is 1. The molecule has 0 aliphatic rings. The average Bonchev–Trinajstić information content (AvgIpc) is 2.45. The van der Waals surface area contributed by atoms with Crippen LogP contribution in [-0.2, 0) is 4.74 Å². The topological polar surface area (TPSA) is 60.0 Å². The molecule has 0 aromatic heterocycles. The van der Waals surface area contributed by atoms with Crippen molar-refractivity contribution in [3.05, 3.63) is 18.2 Å². The molecule has 5 heteroatoms. The van der Waals surface area contributed by atoms with E-state index >= 15 is 0 Å². The Kier molecular flexibility index (Phi) is 7.93. The average molecular weight is 297 g/mol. The molecular formula is C16H27NO4. The van der Waals surface area contributed by atoms with Gasteiger partial charge < -0.3 is 24.6 Å². The van der Waals surface area contributed by atoms with E-state index in [4.69, 9.17) is 14.2 Å². The van der Waals surface area contributed by atoms with Gasteiger partial charge in [-0.25, -0.2) is 0 Å². The Hall–Kier alpha value is -1.46. The number of rotatable bonds is 10. The van der Waals surface area contributed by atoms with Crippen molar-refractivity contribution in [1.82, 2.24) is 0 Å². The first-order valence-corrected chi connectivity index (χ1v) is 7.50. The highest BCUT2D eigenvalue weighted by Gasteiger charge is 2.08. The fraction of sp³-hybridized carbons (Fsp3) is 0.625. The zero-order valence-electron chi connectivity index (χ0n) is 13.4. The third kappa shape index (κ3) is 6.69. The van der Waals surface area contributed by atoms with Gasteiger partial charge in [-0.05, 0) is 39.8 Å². The van der Waals surface area contributed by atoms with Crippen LogP contribution in [0.5, 0.6) is 11.5 Å². The highest BCUT2D eigenvalue weighted by Crippen LogP contribution is 2.30. The van der Waals surface area contributed by atoms with Crippen LogP contribution in [0.2, 0.25) is 0 Å². The van der Waals surface area contributed by atoms with Crippen LogP contribution in [0.1, 0.15) is 27.7 Å². The summed E-state index contributed by atoms with van der Waals surface area (Å²) in [6, 6.07) is 5.65. The monoisotopic (exact) mass is 297 g/mol. The second kappa shape index (κ2) is 9.47. The number of anilines is 1. The molecule has 1 atom stereocenters. The SMILES string of the molecule is CCOc1ccc(NCC(O)COC(C)C)cc1OCC. The summed E-state index contributed by atoms with van der Waals surface area (Å²) in [7, 11) is 0. The molecule has 1 rings (SSSR count). The number of ether oxygens (including phenoxy) is 3. The Labute approximate surface area is 127 Å². The lowest BCUT2D eigenvalue weighted by Gasteiger charge is -2.16. The van der Waals surface area contributed by atoms with E-state index in [-0.39, 0.29) is 6.10 Å². The maximum absolute atomic E-state index is 9.83. The van der Waals surface area contributed by atoms with Crippen molar-refractivity contribution in [1.29, 1.82) is 0 Å². The third-order valence-corrected chi connectivity index (χ3v) is 2.71. The van der Waals surface area contributed by atoms with Crippen molar-refractivity contribution in [3.63, 3.8) is 0 Å². The molecule has 21 heavy (non-hydrogen) atoms. The minimum Gasteiger partial charge on any atom is -0.490 e. The second-order valence-corrected chi connectivity index (χ2v) is 4.94. The maximum Gasteiger partial charge on any atom is 0.163 e. The molecule has 0 spiro atoms. The Morgan fingerprint density at radius 1 is 1.10 bits per heavy atom. The van der Waals surface area contributed by atoms with Gasteiger partial charge in [0.05, 0.1) is 32.0 Å². The number of benzene rings is 1. The maximum atomic E-state index is 9.83. The first kappa shape index (κ1) is 17.6. The van der Waals surface area contributed by atoms with Crippen molar-refractivity contribution >= 4 is 5.69 Å². The van der Waals surface area contributed by atoms with E-state index in [2.05, 4.69) is 5.32 Å². The minimum absolute atomic E-state index is 0.120. The van der Waals surface area contributed by atoms with Crippen LogP contribution >= 0.6 is 0 Å². The number of hydrogen-bond acceptors (Lipinski definition) is 5.